The average Bonchev–Trinajstić information content (AvgIpc) is 2.57. The molecule has 1 rings (SSSR count). The number of esters is 1. The van der Waals surface area contributed by atoms with E-state index in [1.165, 1.54) is 39.2 Å². The summed E-state index contributed by atoms with van der Waals surface area (Å²) in [5.74, 6) is 0.836. The quantitative estimate of drug-likeness (QED) is 0.606. The van der Waals surface area contributed by atoms with E-state index in [2.05, 4.69) is 4.74 Å². The van der Waals surface area contributed by atoms with Crippen LogP contribution in [0, 0.1) is 5.92 Å². The zero-order valence-corrected chi connectivity index (χ0v) is 7.84. The number of ether oxygens (including phenoxy) is 1. The van der Waals surface area contributed by atoms with E-state index < -0.39 is 0 Å². The number of hydrogen-bond donors (Lipinski definition) is 0. The maximum Gasteiger partial charge on any atom is 0.305 e. The Bertz CT molecular complexity index is 137. The predicted molar refractivity (Wildman–Crippen MR) is 47.8 cm³/mol. The van der Waals surface area contributed by atoms with E-state index in [-0.39, 0.29) is 5.97 Å². The van der Waals surface area contributed by atoms with E-state index in [4.69, 9.17) is 0 Å². The van der Waals surface area contributed by atoms with Gasteiger partial charge in [0.15, 0.2) is 0 Å². The van der Waals surface area contributed by atoms with E-state index >= 15 is 0 Å². The first-order chi connectivity index (χ1) is 5.83. The molecule has 0 aromatic heterocycles. The third-order valence-electron chi connectivity index (χ3n) is 2.70. The summed E-state index contributed by atoms with van der Waals surface area (Å²) in [5, 5.41) is 0. The summed E-state index contributed by atoms with van der Waals surface area (Å²) in [6.45, 7) is 0. The summed E-state index contributed by atoms with van der Waals surface area (Å²) in [4.78, 5) is 10.8. The van der Waals surface area contributed by atoms with E-state index in [9.17, 15) is 4.79 Å². The van der Waals surface area contributed by atoms with Gasteiger partial charge in [-0.25, -0.2) is 0 Å². The van der Waals surface area contributed by atoms with E-state index in [0.717, 1.165) is 12.3 Å². The van der Waals surface area contributed by atoms with Crippen molar-refractivity contribution < 1.29 is 9.53 Å². The summed E-state index contributed by atoms with van der Waals surface area (Å²) < 4.78 is 4.58. The van der Waals surface area contributed by atoms with Crippen LogP contribution in [0.2, 0.25) is 0 Å². The van der Waals surface area contributed by atoms with Crippen LogP contribution in [0.5, 0.6) is 0 Å². The van der Waals surface area contributed by atoms with Gasteiger partial charge in [0, 0.05) is 6.42 Å². The zero-order chi connectivity index (χ0) is 8.81. The van der Waals surface area contributed by atoms with Crippen molar-refractivity contribution in [1.29, 1.82) is 0 Å². The fraction of sp³-hybridized carbons (Fsp3) is 0.900. The molecule has 0 radical (unpaired) electrons. The Morgan fingerprint density at radius 2 is 2.08 bits per heavy atom. The van der Waals surface area contributed by atoms with Crippen LogP contribution < -0.4 is 0 Å². The molecular formula is C10H18O2. The zero-order valence-electron chi connectivity index (χ0n) is 7.84. The first-order valence-corrected chi connectivity index (χ1v) is 4.89. The van der Waals surface area contributed by atoms with Crippen LogP contribution in [0.1, 0.15) is 44.9 Å². The lowest BCUT2D eigenvalue weighted by Gasteiger charge is -2.06. The first-order valence-electron chi connectivity index (χ1n) is 4.89. The van der Waals surface area contributed by atoms with Crippen LogP contribution in [0.25, 0.3) is 0 Å². The fourth-order valence-corrected chi connectivity index (χ4v) is 1.94. The molecular weight excluding hydrogens is 152 g/mol. The summed E-state index contributed by atoms with van der Waals surface area (Å²) in [6.07, 6.45) is 8.37. The molecule has 0 amide bonds. The number of hydrogen-bond acceptors (Lipinski definition) is 2. The van der Waals surface area contributed by atoms with Gasteiger partial charge in [0.1, 0.15) is 0 Å². The van der Waals surface area contributed by atoms with E-state index in [1.807, 2.05) is 0 Å². The van der Waals surface area contributed by atoms with Crippen LogP contribution in [-0.2, 0) is 9.53 Å². The van der Waals surface area contributed by atoms with Crippen LogP contribution >= 0.6 is 0 Å². The van der Waals surface area contributed by atoms with Gasteiger partial charge in [-0.05, 0) is 18.8 Å². The lowest BCUT2D eigenvalue weighted by atomic mass is 10.0. The molecule has 0 spiro atoms. The van der Waals surface area contributed by atoms with Crippen LogP contribution in [-0.4, -0.2) is 13.1 Å². The highest BCUT2D eigenvalue weighted by molar-refractivity contribution is 5.68. The van der Waals surface area contributed by atoms with Gasteiger partial charge in [-0.15, -0.1) is 0 Å². The Labute approximate surface area is 74.3 Å². The average molecular weight is 170 g/mol. The van der Waals surface area contributed by atoms with Crippen LogP contribution in [0.3, 0.4) is 0 Å². The van der Waals surface area contributed by atoms with Gasteiger partial charge in [0.25, 0.3) is 0 Å². The maximum absolute atomic E-state index is 10.8. The van der Waals surface area contributed by atoms with Crippen molar-refractivity contribution in [3.63, 3.8) is 0 Å². The lowest BCUT2D eigenvalue weighted by Crippen LogP contribution is -2.01. The summed E-state index contributed by atoms with van der Waals surface area (Å²) in [5.41, 5.74) is 0. The molecule has 0 saturated heterocycles. The topological polar surface area (TPSA) is 26.3 Å². The molecule has 0 unspecified atom stereocenters. The van der Waals surface area contributed by atoms with Gasteiger partial charge in [-0.3, -0.25) is 4.79 Å². The van der Waals surface area contributed by atoms with Gasteiger partial charge < -0.3 is 4.74 Å². The highest BCUT2D eigenvalue weighted by Gasteiger charge is 2.14. The molecule has 0 aromatic rings. The minimum atomic E-state index is -0.0620. The van der Waals surface area contributed by atoms with Gasteiger partial charge in [0.05, 0.1) is 7.11 Å². The van der Waals surface area contributed by atoms with Gasteiger partial charge >= 0.3 is 5.97 Å². The highest BCUT2D eigenvalue weighted by atomic mass is 16.5. The monoisotopic (exact) mass is 170 g/mol. The van der Waals surface area contributed by atoms with Crippen LogP contribution in [0.4, 0.5) is 0 Å². The smallest absolute Gasteiger partial charge is 0.305 e. The minimum Gasteiger partial charge on any atom is -0.469 e. The van der Waals surface area contributed by atoms with Crippen molar-refractivity contribution in [3.8, 4) is 0 Å². The second-order valence-corrected chi connectivity index (χ2v) is 3.62. The molecule has 1 aliphatic carbocycles. The van der Waals surface area contributed by atoms with Crippen LogP contribution in [0.15, 0.2) is 0 Å². The number of rotatable bonds is 4. The molecule has 2 heteroatoms. The highest BCUT2D eigenvalue weighted by Crippen LogP contribution is 2.28. The second-order valence-electron chi connectivity index (χ2n) is 3.62. The fourth-order valence-electron chi connectivity index (χ4n) is 1.94. The molecule has 0 atom stereocenters. The first kappa shape index (κ1) is 9.56. The Morgan fingerprint density at radius 1 is 1.42 bits per heavy atom. The SMILES string of the molecule is COC(=O)CCCC1CCCC1. The molecule has 12 heavy (non-hydrogen) atoms. The van der Waals surface area contributed by atoms with Crippen molar-refractivity contribution in [3.05, 3.63) is 0 Å². The molecule has 70 valence electrons. The molecule has 2 nitrogen and oxygen atoms in total. The Morgan fingerprint density at radius 3 is 2.67 bits per heavy atom. The third-order valence-corrected chi connectivity index (χ3v) is 2.70. The third kappa shape index (κ3) is 3.24. The maximum atomic E-state index is 10.8. The standard InChI is InChI=1S/C10H18O2/c1-12-10(11)8-4-7-9-5-2-3-6-9/h9H,2-8H2,1H3. The lowest BCUT2D eigenvalue weighted by molar-refractivity contribution is -0.140. The molecule has 1 aliphatic rings. The van der Waals surface area contributed by atoms with E-state index in [0.29, 0.717) is 6.42 Å². The van der Waals surface area contributed by atoms with Crippen molar-refractivity contribution in [2.75, 3.05) is 7.11 Å². The molecule has 1 fully saturated rings. The second kappa shape index (κ2) is 5.18. The largest absolute Gasteiger partial charge is 0.469 e. The van der Waals surface area contributed by atoms with Crippen molar-refractivity contribution in [2.24, 2.45) is 5.92 Å². The molecule has 0 aromatic carbocycles. The Kier molecular flexibility index (Phi) is 4.12. The molecule has 0 heterocycles. The van der Waals surface area contributed by atoms with Crippen molar-refractivity contribution >= 4 is 5.97 Å². The van der Waals surface area contributed by atoms with Crippen molar-refractivity contribution in [2.45, 2.75) is 44.9 Å². The Hall–Kier alpha value is -0.530. The minimum absolute atomic E-state index is 0.0620. The molecule has 0 aliphatic heterocycles. The molecule has 1 saturated carbocycles. The number of carbonyl (C=O) groups excluding carboxylic acids is 1. The Balaban J connectivity index is 1.97. The number of methoxy groups -OCH3 is 1. The summed E-state index contributed by atoms with van der Waals surface area (Å²) in [7, 11) is 1.46. The number of carbonyl (C=O) groups is 1. The summed E-state index contributed by atoms with van der Waals surface area (Å²) >= 11 is 0. The van der Waals surface area contributed by atoms with E-state index in [1.54, 1.807) is 0 Å². The van der Waals surface area contributed by atoms with Gasteiger partial charge in [-0.2, -0.15) is 0 Å². The van der Waals surface area contributed by atoms with Gasteiger partial charge in [0.2, 0.25) is 0 Å². The summed E-state index contributed by atoms with van der Waals surface area (Å²) in [6, 6.07) is 0. The molecule has 0 N–H and O–H groups in total. The predicted octanol–water partition coefficient (Wildman–Crippen LogP) is 2.52. The van der Waals surface area contributed by atoms with Gasteiger partial charge in [-0.1, -0.05) is 25.7 Å². The normalized spacial score (nSPS) is 18.1. The molecule has 0 bridgehead atoms. The van der Waals surface area contributed by atoms with Crippen molar-refractivity contribution in [1.82, 2.24) is 0 Å².